The first-order chi connectivity index (χ1) is 13.5. The summed E-state index contributed by atoms with van der Waals surface area (Å²) < 4.78 is 0. The fourth-order valence-electron chi connectivity index (χ4n) is 3.22. The van der Waals surface area contributed by atoms with Gasteiger partial charge in [-0.2, -0.15) is 0 Å². The summed E-state index contributed by atoms with van der Waals surface area (Å²) in [5, 5.41) is 2.93. The molecule has 1 aromatic carbocycles. The highest BCUT2D eigenvalue weighted by molar-refractivity contribution is 7.99. The summed E-state index contributed by atoms with van der Waals surface area (Å²) in [5.74, 6) is 1.63. The van der Waals surface area contributed by atoms with Crippen molar-refractivity contribution in [1.29, 1.82) is 0 Å². The maximum Gasteiger partial charge on any atom is 0.256 e. The van der Waals surface area contributed by atoms with Gasteiger partial charge in [0.2, 0.25) is 5.91 Å². The summed E-state index contributed by atoms with van der Waals surface area (Å²) in [4.78, 5) is 33.9. The second-order valence-electron chi connectivity index (χ2n) is 6.73. The summed E-state index contributed by atoms with van der Waals surface area (Å²) in [6.45, 7) is 7.85. The van der Waals surface area contributed by atoms with Crippen molar-refractivity contribution in [2.24, 2.45) is 0 Å². The third-order valence-corrected chi connectivity index (χ3v) is 5.83. The summed E-state index contributed by atoms with van der Waals surface area (Å²) in [7, 11) is 0. The van der Waals surface area contributed by atoms with Crippen molar-refractivity contribution < 1.29 is 9.59 Å². The largest absolute Gasteiger partial charge is 0.357 e. The van der Waals surface area contributed by atoms with Crippen molar-refractivity contribution in [1.82, 2.24) is 9.88 Å². The van der Waals surface area contributed by atoms with Crippen molar-refractivity contribution in [3.63, 3.8) is 0 Å². The van der Waals surface area contributed by atoms with E-state index in [0.29, 0.717) is 17.2 Å². The number of thioether (sulfide) groups is 1. The minimum Gasteiger partial charge on any atom is -0.357 e. The number of carbonyl (C=O) groups is 2. The second-order valence-corrected chi connectivity index (χ2v) is 7.73. The summed E-state index contributed by atoms with van der Waals surface area (Å²) >= 11 is 1.59. The predicted molar refractivity (Wildman–Crippen MR) is 115 cm³/mol. The third-order valence-electron chi connectivity index (χ3n) is 4.81. The lowest BCUT2D eigenvalue weighted by molar-refractivity contribution is -0.119. The van der Waals surface area contributed by atoms with E-state index < -0.39 is 6.04 Å². The molecule has 1 N–H and O–H groups in total. The van der Waals surface area contributed by atoms with Crippen LogP contribution in [-0.2, 0) is 4.79 Å². The number of nitrogens with zero attached hydrogens (tertiary/aromatic N) is 3. The van der Waals surface area contributed by atoms with E-state index in [9.17, 15) is 9.59 Å². The number of carbonyl (C=O) groups excluding carboxylic acids is 2. The highest BCUT2D eigenvalue weighted by Crippen LogP contribution is 2.25. The summed E-state index contributed by atoms with van der Waals surface area (Å²) in [6, 6.07) is 10.8. The Kier molecular flexibility index (Phi) is 6.57. The number of benzene rings is 1. The number of anilines is 2. The lowest BCUT2D eigenvalue weighted by Crippen LogP contribution is -2.44. The molecule has 1 aromatic heterocycles. The van der Waals surface area contributed by atoms with Gasteiger partial charge in [-0.15, -0.1) is 11.8 Å². The summed E-state index contributed by atoms with van der Waals surface area (Å²) in [6.07, 6.45) is 1.61. The third kappa shape index (κ3) is 4.47. The molecule has 148 valence electrons. The minimum absolute atomic E-state index is 0.156. The lowest BCUT2D eigenvalue weighted by atomic mass is 10.2. The van der Waals surface area contributed by atoms with Gasteiger partial charge in [-0.3, -0.25) is 9.59 Å². The maximum atomic E-state index is 13.0. The van der Waals surface area contributed by atoms with Gasteiger partial charge in [-0.25, -0.2) is 4.98 Å². The Morgan fingerprint density at radius 3 is 2.68 bits per heavy atom. The Morgan fingerprint density at radius 1 is 1.25 bits per heavy atom. The van der Waals surface area contributed by atoms with E-state index in [2.05, 4.69) is 29.0 Å². The Hall–Kier alpha value is -2.54. The van der Waals surface area contributed by atoms with Crippen molar-refractivity contribution >= 4 is 35.1 Å². The zero-order valence-corrected chi connectivity index (χ0v) is 17.3. The number of aryl methyl sites for hydroxylation is 1. The Bertz CT molecular complexity index is 837. The molecule has 0 aliphatic carbocycles. The van der Waals surface area contributed by atoms with Crippen LogP contribution in [0.2, 0.25) is 0 Å². The molecule has 1 saturated heterocycles. The van der Waals surface area contributed by atoms with Gasteiger partial charge in [0.25, 0.3) is 5.91 Å². The molecule has 2 heterocycles. The quantitative estimate of drug-likeness (QED) is 0.808. The van der Waals surface area contributed by atoms with Gasteiger partial charge in [-0.05, 0) is 50.6 Å². The van der Waals surface area contributed by atoms with Crippen molar-refractivity contribution in [2.45, 2.75) is 26.8 Å². The number of pyridine rings is 1. The van der Waals surface area contributed by atoms with Gasteiger partial charge in [0.15, 0.2) is 0 Å². The molecule has 3 rings (SSSR count). The number of nitrogens with one attached hydrogen (secondary N) is 1. The van der Waals surface area contributed by atoms with Crippen LogP contribution >= 0.6 is 11.8 Å². The van der Waals surface area contributed by atoms with E-state index in [0.717, 1.165) is 30.2 Å². The van der Waals surface area contributed by atoms with Crippen LogP contribution in [-0.4, -0.2) is 52.5 Å². The van der Waals surface area contributed by atoms with E-state index in [1.165, 1.54) is 0 Å². The van der Waals surface area contributed by atoms with Crippen molar-refractivity contribution in [3.8, 4) is 0 Å². The van der Waals surface area contributed by atoms with Crippen LogP contribution in [0.1, 0.15) is 29.8 Å². The van der Waals surface area contributed by atoms with Crippen molar-refractivity contribution in [2.75, 3.05) is 34.9 Å². The van der Waals surface area contributed by atoms with Crippen LogP contribution in [0.4, 0.5) is 11.5 Å². The van der Waals surface area contributed by atoms with Gasteiger partial charge < -0.3 is 15.1 Å². The maximum absolute atomic E-state index is 13.0. The molecular weight excluding hydrogens is 372 g/mol. The molecule has 1 fully saturated rings. The lowest BCUT2D eigenvalue weighted by Gasteiger charge is -2.24. The van der Waals surface area contributed by atoms with Crippen LogP contribution in [0.3, 0.4) is 0 Å². The van der Waals surface area contributed by atoms with Crippen molar-refractivity contribution in [3.05, 3.63) is 53.7 Å². The molecule has 0 spiro atoms. The topological polar surface area (TPSA) is 65.5 Å². The average molecular weight is 399 g/mol. The predicted octanol–water partition coefficient (Wildman–Crippen LogP) is 3.39. The van der Waals surface area contributed by atoms with E-state index in [-0.39, 0.29) is 11.8 Å². The van der Waals surface area contributed by atoms with Gasteiger partial charge in [0, 0.05) is 30.7 Å². The van der Waals surface area contributed by atoms with Gasteiger partial charge in [-0.1, -0.05) is 12.1 Å². The molecule has 1 atom stereocenters. The van der Waals surface area contributed by atoms with Gasteiger partial charge in [0.05, 0.1) is 11.4 Å². The van der Waals surface area contributed by atoms with Crippen LogP contribution in [0.5, 0.6) is 0 Å². The zero-order chi connectivity index (χ0) is 20.1. The number of amides is 2. The second kappa shape index (κ2) is 9.10. The van der Waals surface area contributed by atoms with Crippen LogP contribution in [0.25, 0.3) is 0 Å². The first kappa shape index (κ1) is 20.2. The van der Waals surface area contributed by atoms with E-state index in [1.54, 1.807) is 28.9 Å². The monoisotopic (exact) mass is 398 g/mol. The molecule has 1 aliphatic heterocycles. The molecular formula is C21H26N4O2S. The fourth-order valence-corrected chi connectivity index (χ4v) is 4.38. The molecule has 6 nitrogen and oxygen atoms in total. The molecule has 0 radical (unpaired) electrons. The Morgan fingerprint density at radius 2 is 2.04 bits per heavy atom. The number of rotatable bonds is 6. The first-order valence-electron chi connectivity index (χ1n) is 9.50. The van der Waals surface area contributed by atoms with Gasteiger partial charge in [0.1, 0.15) is 11.9 Å². The smallest absolute Gasteiger partial charge is 0.256 e. The SMILES string of the molecule is CCN(CC)c1ccc(C(=O)N2CSCC2C(=O)Nc2cccc(C)c2)cn1. The number of hydrogen-bond acceptors (Lipinski definition) is 5. The standard InChI is InChI=1S/C21H26N4O2S/c1-4-24(5-2)19-10-9-16(12-22-19)21(27)25-14-28-13-18(25)20(26)23-17-8-6-7-15(3)11-17/h6-12,18H,4-5,13-14H2,1-3H3,(H,23,26). The normalized spacial score (nSPS) is 16.1. The summed E-state index contributed by atoms with van der Waals surface area (Å²) in [5.41, 5.74) is 2.33. The number of aromatic nitrogens is 1. The van der Waals surface area contributed by atoms with Crippen LogP contribution in [0, 0.1) is 6.92 Å². The zero-order valence-electron chi connectivity index (χ0n) is 16.5. The van der Waals surface area contributed by atoms with E-state index >= 15 is 0 Å². The minimum atomic E-state index is -0.486. The molecule has 0 bridgehead atoms. The highest BCUT2D eigenvalue weighted by atomic mass is 32.2. The Balaban J connectivity index is 1.71. The van der Waals surface area contributed by atoms with Gasteiger partial charge >= 0.3 is 0 Å². The molecule has 0 saturated carbocycles. The molecule has 7 heteroatoms. The average Bonchev–Trinajstić information content (AvgIpc) is 3.19. The molecule has 1 aliphatic rings. The fraction of sp³-hybridized carbons (Fsp3) is 0.381. The van der Waals surface area contributed by atoms with Crippen LogP contribution in [0.15, 0.2) is 42.6 Å². The van der Waals surface area contributed by atoms with E-state index in [4.69, 9.17) is 0 Å². The first-order valence-corrected chi connectivity index (χ1v) is 10.7. The van der Waals surface area contributed by atoms with E-state index in [1.807, 2.05) is 37.3 Å². The van der Waals surface area contributed by atoms with Crippen LogP contribution < -0.4 is 10.2 Å². The Labute approximate surface area is 170 Å². The highest BCUT2D eigenvalue weighted by Gasteiger charge is 2.35. The molecule has 1 unspecified atom stereocenters. The molecule has 2 aromatic rings. The molecule has 28 heavy (non-hydrogen) atoms. The number of hydrogen-bond donors (Lipinski definition) is 1. The molecule has 2 amide bonds.